The molecule has 8 heteroatoms. The fraction of sp³-hybridized carbons (Fsp3) is 0.300. The van der Waals surface area contributed by atoms with Gasteiger partial charge in [-0.15, -0.1) is 10.2 Å². The molecule has 0 unspecified atom stereocenters. The van der Waals surface area contributed by atoms with Crippen LogP contribution in [0.1, 0.15) is 16.1 Å². The van der Waals surface area contributed by atoms with Gasteiger partial charge in [0.25, 0.3) is 11.7 Å². The molecule has 2 aromatic heterocycles. The van der Waals surface area contributed by atoms with E-state index in [1.54, 1.807) is 18.1 Å². The Morgan fingerprint density at radius 3 is 2.46 bits per heavy atom. The maximum Gasteiger partial charge on any atom is 0.295 e. The van der Waals surface area contributed by atoms with Crippen LogP contribution in [-0.2, 0) is 4.79 Å². The summed E-state index contributed by atoms with van der Waals surface area (Å²) in [5, 5.41) is 8.90. The van der Waals surface area contributed by atoms with Gasteiger partial charge in [0.1, 0.15) is 0 Å². The van der Waals surface area contributed by atoms with Crippen molar-refractivity contribution in [1.82, 2.24) is 20.1 Å². The van der Waals surface area contributed by atoms with Crippen molar-refractivity contribution >= 4 is 28.4 Å². The van der Waals surface area contributed by atoms with E-state index in [0.29, 0.717) is 43.3 Å². The van der Waals surface area contributed by atoms with E-state index in [9.17, 15) is 9.59 Å². The maximum atomic E-state index is 12.9. The number of hydrogen-bond acceptors (Lipinski definition) is 6. The van der Waals surface area contributed by atoms with Crippen LogP contribution in [0.4, 0.5) is 5.82 Å². The zero-order valence-electron chi connectivity index (χ0n) is 15.8. The van der Waals surface area contributed by atoms with E-state index in [2.05, 4.69) is 15.2 Å². The Labute approximate surface area is 162 Å². The predicted molar refractivity (Wildman–Crippen MR) is 105 cm³/mol. The second-order valence-electron chi connectivity index (χ2n) is 6.71. The Kier molecular flexibility index (Phi) is 4.68. The lowest BCUT2D eigenvalue weighted by Gasteiger charge is -2.34. The molecule has 0 bridgehead atoms. The van der Waals surface area contributed by atoms with Crippen molar-refractivity contribution in [1.29, 1.82) is 0 Å². The largest absolute Gasteiger partial charge is 0.480 e. The lowest BCUT2D eigenvalue weighted by molar-refractivity contribution is -0.126. The molecule has 0 aliphatic carbocycles. The molecule has 1 aliphatic heterocycles. The van der Waals surface area contributed by atoms with Gasteiger partial charge in [-0.3, -0.25) is 9.59 Å². The highest BCUT2D eigenvalue weighted by atomic mass is 16.5. The number of H-pyrrole nitrogens is 1. The summed E-state index contributed by atoms with van der Waals surface area (Å²) in [7, 11) is 1.54. The zero-order valence-corrected chi connectivity index (χ0v) is 15.8. The minimum Gasteiger partial charge on any atom is -0.480 e. The molecular weight excluding hydrogens is 358 g/mol. The van der Waals surface area contributed by atoms with Gasteiger partial charge < -0.3 is 19.5 Å². The molecule has 0 atom stereocenters. The molecule has 0 radical (unpaired) electrons. The number of aromatic nitrogens is 3. The number of carbonyl (C=O) groups is 2. The molecule has 1 saturated heterocycles. The first-order valence-corrected chi connectivity index (χ1v) is 9.12. The van der Waals surface area contributed by atoms with E-state index in [0.717, 1.165) is 16.7 Å². The molecule has 3 aromatic rings. The number of nitrogens with zero attached hydrogens (tertiary/aromatic N) is 4. The molecular formula is C20H21N5O3. The Balaban J connectivity index is 1.46. The van der Waals surface area contributed by atoms with E-state index in [4.69, 9.17) is 4.74 Å². The SMILES string of the molecule is COc1ccc(N2CCN(C(=O)C(=O)c3c(C)[nH]c4ccccc34)CC2)nn1. The van der Waals surface area contributed by atoms with Crippen LogP contribution in [0.15, 0.2) is 36.4 Å². The van der Waals surface area contributed by atoms with Gasteiger partial charge in [-0.05, 0) is 19.1 Å². The minimum absolute atomic E-state index is 0.456. The molecule has 4 rings (SSSR count). The number of amides is 1. The van der Waals surface area contributed by atoms with Crippen molar-refractivity contribution in [3.05, 3.63) is 47.7 Å². The second-order valence-corrected chi connectivity index (χ2v) is 6.71. The molecule has 8 nitrogen and oxygen atoms in total. The van der Waals surface area contributed by atoms with E-state index in [1.807, 2.05) is 42.2 Å². The molecule has 1 fully saturated rings. The number of nitrogens with one attached hydrogen (secondary N) is 1. The van der Waals surface area contributed by atoms with Crippen LogP contribution < -0.4 is 9.64 Å². The highest BCUT2D eigenvalue weighted by molar-refractivity contribution is 6.45. The maximum absolute atomic E-state index is 12.9. The number of piperazine rings is 1. The van der Waals surface area contributed by atoms with Crippen LogP contribution >= 0.6 is 0 Å². The summed E-state index contributed by atoms with van der Waals surface area (Å²) in [6, 6.07) is 11.1. The first-order chi connectivity index (χ1) is 13.6. The summed E-state index contributed by atoms with van der Waals surface area (Å²) in [4.78, 5) is 32.5. The average molecular weight is 379 g/mol. The molecule has 3 heterocycles. The number of aromatic amines is 1. The Hall–Kier alpha value is -3.42. The van der Waals surface area contributed by atoms with Crippen LogP contribution in [-0.4, -0.2) is 65.1 Å². The van der Waals surface area contributed by atoms with E-state index in [-0.39, 0.29) is 0 Å². The van der Waals surface area contributed by atoms with Gasteiger partial charge in [-0.2, -0.15) is 0 Å². The van der Waals surface area contributed by atoms with Crippen molar-refractivity contribution in [2.45, 2.75) is 6.92 Å². The molecule has 1 aromatic carbocycles. The van der Waals surface area contributed by atoms with E-state index >= 15 is 0 Å². The number of methoxy groups -OCH3 is 1. The number of fused-ring (bicyclic) bond motifs is 1. The van der Waals surface area contributed by atoms with Gasteiger partial charge in [0.2, 0.25) is 5.88 Å². The molecule has 0 spiro atoms. The number of hydrogen-bond donors (Lipinski definition) is 1. The second kappa shape index (κ2) is 7.30. The first kappa shape index (κ1) is 18.0. The number of carbonyl (C=O) groups excluding carboxylic acids is 2. The normalized spacial score (nSPS) is 14.4. The summed E-state index contributed by atoms with van der Waals surface area (Å²) >= 11 is 0. The smallest absolute Gasteiger partial charge is 0.295 e. The molecule has 28 heavy (non-hydrogen) atoms. The number of ketones is 1. The van der Waals surface area contributed by atoms with Crippen LogP contribution in [0.25, 0.3) is 10.9 Å². The van der Waals surface area contributed by atoms with Gasteiger partial charge in [-0.25, -0.2) is 0 Å². The fourth-order valence-corrected chi connectivity index (χ4v) is 3.55. The van der Waals surface area contributed by atoms with E-state index in [1.165, 1.54) is 0 Å². The summed E-state index contributed by atoms with van der Waals surface area (Å²) in [6.45, 7) is 3.92. The van der Waals surface area contributed by atoms with Crippen LogP contribution in [0.2, 0.25) is 0 Å². The summed E-state index contributed by atoms with van der Waals surface area (Å²) in [5.74, 6) is 0.255. The van der Waals surface area contributed by atoms with Crippen molar-refractivity contribution in [3.8, 4) is 5.88 Å². The molecule has 1 N–H and O–H groups in total. The topological polar surface area (TPSA) is 91.4 Å². The van der Waals surface area contributed by atoms with Crippen molar-refractivity contribution in [3.63, 3.8) is 0 Å². The highest BCUT2D eigenvalue weighted by Gasteiger charge is 2.30. The predicted octanol–water partition coefficient (Wildman–Crippen LogP) is 1.81. The highest BCUT2D eigenvalue weighted by Crippen LogP contribution is 2.23. The lowest BCUT2D eigenvalue weighted by Crippen LogP contribution is -2.51. The Bertz CT molecular complexity index is 1020. The van der Waals surface area contributed by atoms with Gasteiger partial charge in [0.15, 0.2) is 5.82 Å². The van der Waals surface area contributed by atoms with Crippen LogP contribution in [0.5, 0.6) is 5.88 Å². The van der Waals surface area contributed by atoms with Crippen molar-refractivity contribution < 1.29 is 14.3 Å². The Morgan fingerprint density at radius 1 is 1.04 bits per heavy atom. The summed E-state index contributed by atoms with van der Waals surface area (Å²) < 4.78 is 5.02. The standard InChI is InChI=1S/C20H21N5O3/c1-13-18(14-5-3-4-6-15(14)21-13)19(26)20(27)25-11-9-24(10-12-25)16-7-8-17(28-2)23-22-16/h3-8,21H,9-12H2,1-2H3. The van der Waals surface area contributed by atoms with Crippen molar-refractivity contribution in [2.24, 2.45) is 0 Å². The number of rotatable bonds is 4. The number of benzene rings is 1. The van der Waals surface area contributed by atoms with Crippen LogP contribution in [0.3, 0.4) is 0 Å². The van der Waals surface area contributed by atoms with Crippen molar-refractivity contribution in [2.75, 3.05) is 38.2 Å². The third-order valence-corrected chi connectivity index (χ3v) is 5.04. The lowest BCUT2D eigenvalue weighted by atomic mass is 10.1. The number of Topliss-reactive ketones (excluding diaryl/α,β-unsaturated/α-hetero) is 1. The Morgan fingerprint density at radius 2 is 1.79 bits per heavy atom. The fourth-order valence-electron chi connectivity index (χ4n) is 3.55. The summed E-state index contributed by atoms with van der Waals surface area (Å²) in [6.07, 6.45) is 0. The zero-order chi connectivity index (χ0) is 19.7. The van der Waals surface area contributed by atoms with Gasteiger partial charge in [0.05, 0.1) is 12.7 Å². The average Bonchev–Trinajstić information content (AvgIpc) is 3.08. The third-order valence-electron chi connectivity index (χ3n) is 5.04. The number of anilines is 1. The molecule has 1 aliphatic rings. The first-order valence-electron chi connectivity index (χ1n) is 9.12. The monoisotopic (exact) mass is 379 g/mol. The van der Waals surface area contributed by atoms with Gasteiger partial charge in [0, 0.05) is 48.8 Å². The van der Waals surface area contributed by atoms with E-state index < -0.39 is 11.7 Å². The molecule has 1 amide bonds. The number of aryl methyl sites for hydroxylation is 1. The van der Waals surface area contributed by atoms with Gasteiger partial charge in [-0.1, -0.05) is 18.2 Å². The van der Waals surface area contributed by atoms with Gasteiger partial charge >= 0.3 is 0 Å². The summed E-state index contributed by atoms with van der Waals surface area (Å²) in [5.41, 5.74) is 2.04. The number of ether oxygens (including phenoxy) is 1. The minimum atomic E-state index is -0.465. The molecule has 0 saturated carbocycles. The molecule has 144 valence electrons. The third kappa shape index (κ3) is 3.17. The van der Waals surface area contributed by atoms with Crippen LogP contribution in [0, 0.1) is 6.92 Å². The number of para-hydroxylation sites is 1. The quantitative estimate of drug-likeness (QED) is 0.549.